The van der Waals surface area contributed by atoms with Crippen molar-refractivity contribution in [3.63, 3.8) is 0 Å². The van der Waals surface area contributed by atoms with Crippen LogP contribution in [0.3, 0.4) is 0 Å². The maximum Gasteiger partial charge on any atom is 0.202 e. The molecule has 1 fully saturated rings. The zero-order valence-corrected chi connectivity index (χ0v) is 7.12. The maximum atomic E-state index is 10.9. The molecule has 0 saturated carbocycles. The van der Waals surface area contributed by atoms with E-state index in [0.29, 0.717) is 11.7 Å². The molecule has 0 atom stereocenters. The van der Waals surface area contributed by atoms with Gasteiger partial charge in [0.1, 0.15) is 0 Å². The number of carbonyl (C=O) groups is 1. The smallest absolute Gasteiger partial charge is 0.202 e. The minimum atomic E-state index is 0.333. The number of nitrogens with zero attached hydrogens (tertiary/aromatic N) is 1. The van der Waals surface area contributed by atoms with Gasteiger partial charge in [-0.05, 0) is 13.0 Å². The van der Waals surface area contributed by atoms with Gasteiger partial charge in [0.2, 0.25) is 5.12 Å². The number of hydrogen-bond acceptors (Lipinski definition) is 3. The molecule has 1 aliphatic rings. The fourth-order valence-corrected chi connectivity index (χ4v) is 1.95. The summed E-state index contributed by atoms with van der Waals surface area (Å²) in [5.41, 5.74) is 0. The minimum Gasteiger partial charge on any atom is -0.295 e. The first-order valence-electron chi connectivity index (χ1n) is 3.71. The summed E-state index contributed by atoms with van der Waals surface area (Å²) in [6, 6.07) is 0. The summed E-state index contributed by atoms with van der Waals surface area (Å²) in [6.45, 7) is 4.97. The molecule has 1 rings (SSSR count). The second-order valence-electron chi connectivity index (χ2n) is 2.50. The van der Waals surface area contributed by atoms with Crippen LogP contribution in [-0.4, -0.2) is 35.4 Å². The van der Waals surface area contributed by atoms with E-state index in [1.54, 1.807) is 0 Å². The Morgan fingerprint density at radius 2 is 2.50 bits per heavy atom. The highest BCUT2D eigenvalue weighted by Gasteiger charge is 2.15. The van der Waals surface area contributed by atoms with Gasteiger partial charge in [0, 0.05) is 12.3 Å². The third kappa shape index (κ3) is 2.31. The van der Waals surface area contributed by atoms with Gasteiger partial charge in [-0.25, -0.2) is 0 Å². The van der Waals surface area contributed by atoms with E-state index >= 15 is 0 Å². The number of hydrogen-bond donors (Lipinski definition) is 0. The van der Waals surface area contributed by atoms with E-state index in [4.69, 9.17) is 0 Å². The van der Waals surface area contributed by atoms with Gasteiger partial charge in [-0.2, -0.15) is 0 Å². The van der Waals surface area contributed by atoms with Crippen molar-refractivity contribution in [3.05, 3.63) is 0 Å². The van der Waals surface area contributed by atoms with E-state index in [1.165, 1.54) is 11.8 Å². The predicted octanol–water partition coefficient (Wildman–Crippen LogP) is 0.972. The predicted molar refractivity (Wildman–Crippen MR) is 44.2 cm³/mol. The molecule has 0 aromatic rings. The minimum absolute atomic E-state index is 0.333. The van der Waals surface area contributed by atoms with Crippen LogP contribution in [-0.2, 0) is 4.79 Å². The molecular weight excluding hydrogens is 146 g/mol. The molecule has 0 N–H and O–H groups in total. The van der Waals surface area contributed by atoms with Crippen LogP contribution in [0.15, 0.2) is 0 Å². The zero-order valence-electron chi connectivity index (χ0n) is 6.30. The number of thioether (sulfide) groups is 1. The SMILES string of the molecule is CCCN1CCSC(=O)C1. The first-order valence-corrected chi connectivity index (χ1v) is 4.69. The Bertz CT molecular complexity index is 125. The van der Waals surface area contributed by atoms with Crippen molar-refractivity contribution < 1.29 is 4.79 Å². The lowest BCUT2D eigenvalue weighted by Gasteiger charge is -2.23. The van der Waals surface area contributed by atoms with Crippen LogP contribution in [0.5, 0.6) is 0 Å². The highest BCUT2D eigenvalue weighted by atomic mass is 32.2. The van der Waals surface area contributed by atoms with E-state index in [1.807, 2.05) is 0 Å². The Labute approximate surface area is 66.0 Å². The molecular formula is C7H13NOS. The van der Waals surface area contributed by atoms with Gasteiger partial charge in [0.15, 0.2) is 0 Å². The summed E-state index contributed by atoms with van der Waals surface area (Å²) in [5, 5.41) is 0.333. The van der Waals surface area contributed by atoms with Crippen LogP contribution in [0.25, 0.3) is 0 Å². The molecule has 0 amide bonds. The molecule has 0 aromatic heterocycles. The topological polar surface area (TPSA) is 20.3 Å². The lowest BCUT2D eigenvalue weighted by Crippen LogP contribution is -2.35. The lowest BCUT2D eigenvalue weighted by molar-refractivity contribution is -0.112. The van der Waals surface area contributed by atoms with Crippen LogP contribution >= 0.6 is 11.8 Å². The summed E-state index contributed by atoms with van der Waals surface area (Å²) in [5.74, 6) is 0.985. The lowest BCUT2D eigenvalue weighted by atomic mass is 10.4. The Hall–Kier alpha value is -0.0200. The van der Waals surface area contributed by atoms with Gasteiger partial charge in [0.25, 0.3) is 0 Å². The molecule has 1 aliphatic heterocycles. The largest absolute Gasteiger partial charge is 0.295 e. The maximum absolute atomic E-state index is 10.9. The molecule has 0 bridgehead atoms. The van der Waals surface area contributed by atoms with Crippen molar-refractivity contribution >= 4 is 16.9 Å². The van der Waals surface area contributed by atoms with E-state index in [-0.39, 0.29) is 0 Å². The van der Waals surface area contributed by atoms with Gasteiger partial charge < -0.3 is 0 Å². The molecule has 1 heterocycles. The average molecular weight is 159 g/mol. The van der Waals surface area contributed by atoms with Gasteiger partial charge in [-0.1, -0.05) is 18.7 Å². The molecule has 58 valence electrons. The first-order chi connectivity index (χ1) is 4.83. The third-order valence-corrected chi connectivity index (χ3v) is 2.40. The second-order valence-corrected chi connectivity index (χ2v) is 3.65. The molecule has 2 nitrogen and oxygen atoms in total. The highest BCUT2D eigenvalue weighted by Crippen LogP contribution is 2.10. The number of carbonyl (C=O) groups excluding carboxylic acids is 1. The molecule has 0 unspecified atom stereocenters. The molecule has 0 aromatic carbocycles. The van der Waals surface area contributed by atoms with Crippen LogP contribution in [0.4, 0.5) is 0 Å². The van der Waals surface area contributed by atoms with Crippen LogP contribution in [0, 0.1) is 0 Å². The van der Waals surface area contributed by atoms with Gasteiger partial charge in [0.05, 0.1) is 6.54 Å². The van der Waals surface area contributed by atoms with Crippen molar-refractivity contribution in [1.29, 1.82) is 0 Å². The molecule has 1 saturated heterocycles. The molecule has 10 heavy (non-hydrogen) atoms. The van der Waals surface area contributed by atoms with Gasteiger partial charge >= 0.3 is 0 Å². The van der Waals surface area contributed by atoms with Crippen molar-refractivity contribution in [3.8, 4) is 0 Å². The summed E-state index contributed by atoms with van der Waals surface area (Å²) in [4.78, 5) is 13.1. The first kappa shape index (κ1) is 8.08. The standard InChI is InChI=1S/C7H13NOS/c1-2-3-8-4-5-10-7(9)6-8/h2-6H2,1H3. The Balaban J connectivity index is 2.25. The van der Waals surface area contributed by atoms with Gasteiger partial charge in [-0.15, -0.1) is 0 Å². The van der Waals surface area contributed by atoms with Crippen LogP contribution in [0.1, 0.15) is 13.3 Å². The third-order valence-electron chi connectivity index (χ3n) is 1.56. The van der Waals surface area contributed by atoms with Crippen molar-refractivity contribution in [1.82, 2.24) is 4.90 Å². The summed E-state index contributed by atoms with van der Waals surface area (Å²) in [6.07, 6.45) is 1.15. The molecule has 0 aliphatic carbocycles. The van der Waals surface area contributed by atoms with Crippen molar-refractivity contribution in [2.45, 2.75) is 13.3 Å². The van der Waals surface area contributed by atoms with E-state index in [0.717, 1.165) is 25.3 Å². The van der Waals surface area contributed by atoms with Crippen molar-refractivity contribution in [2.75, 3.05) is 25.4 Å². The fraction of sp³-hybridized carbons (Fsp3) is 0.857. The van der Waals surface area contributed by atoms with Crippen LogP contribution < -0.4 is 0 Å². The monoisotopic (exact) mass is 159 g/mol. The molecule has 0 spiro atoms. The Morgan fingerprint density at radius 3 is 3.10 bits per heavy atom. The van der Waals surface area contributed by atoms with Crippen molar-refractivity contribution in [2.24, 2.45) is 0 Å². The summed E-state index contributed by atoms with van der Waals surface area (Å²) in [7, 11) is 0. The van der Waals surface area contributed by atoms with E-state index in [2.05, 4.69) is 11.8 Å². The second kappa shape index (κ2) is 3.98. The van der Waals surface area contributed by atoms with E-state index in [9.17, 15) is 4.79 Å². The summed E-state index contributed by atoms with van der Waals surface area (Å²) < 4.78 is 0. The van der Waals surface area contributed by atoms with Crippen LogP contribution in [0.2, 0.25) is 0 Å². The normalized spacial score (nSPS) is 21.5. The number of rotatable bonds is 2. The zero-order chi connectivity index (χ0) is 7.40. The molecule has 0 radical (unpaired) electrons. The summed E-state index contributed by atoms with van der Waals surface area (Å²) >= 11 is 1.47. The average Bonchev–Trinajstić information content (AvgIpc) is 1.88. The fourth-order valence-electron chi connectivity index (χ4n) is 1.10. The Morgan fingerprint density at radius 1 is 1.70 bits per heavy atom. The highest BCUT2D eigenvalue weighted by molar-refractivity contribution is 8.13. The quantitative estimate of drug-likeness (QED) is 0.599. The van der Waals surface area contributed by atoms with E-state index < -0.39 is 0 Å². The molecule has 3 heteroatoms. The Kier molecular flexibility index (Phi) is 3.22. The van der Waals surface area contributed by atoms with Gasteiger partial charge in [-0.3, -0.25) is 9.69 Å².